The van der Waals surface area contributed by atoms with E-state index < -0.39 is 0 Å². The molecule has 72 valence electrons. The average Bonchev–Trinajstić information content (AvgIpc) is 2.03. The number of rotatable bonds is 3. The Morgan fingerprint density at radius 1 is 1.38 bits per heavy atom. The molecule has 0 radical (unpaired) electrons. The highest BCUT2D eigenvalue weighted by molar-refractivity contribution is 6.29. The molecule has 0 fully saturated rings. The smallest absolute Gasteiger partial charge is 0.133 e. The summed E-state index contributed by atoms with van der Waals surface area (Å²) in [5.41, 5.74) is 1.05. The van der Waals surface area contributed by atoms with Gasteiger partial charge in [-0.15, -0.1) is 0 Å². The first kappa shape index (κ1) is 10.5. The van der Waals surface area contributed by atoms with Crippen LogP contribution >= 0.6 is 11.6 Å². The second kappa shape index (κ2) is 4.56. The zero-order chi connectivity index (χ0) is 9.84. The second-order valence-corrected chi connectivity index (χ2v) is 3.83. The molecule has 1 heterocycles. The normalized spacial score (nSPS) is 10.8. The van der Waals surface area contributed by atoms with Gasteiger partial charge in [0, 0.05) is 11.6 Å². The summed E-state index contributed by atoms with van der Waals surface area (Å²) in [4.78, 5) is 8.60. The number of aromatic nitrogens is 2. The van der Waals surface area contributed by atoms with E-state index in [0.717, 1.165) is 24.4 Å². The van der Waals surface area contributed by atoms with Crippen LogP contribution in [0, 0.1) is 0 Å². The lowest BCUT2D eigenvalue weighted by atomic mass is 10.2. The first-order chi connectivity index (χ1) is 6.13. The SMILES string of the molecule is CCCc1cc(Cl)nc(C(C)C)n1. The molecule has 0 N–H and O–H groups in total. The molecule has 0 atom stereocenters. The summed E-state index contributed by atoms with van der Waals surface area (Å²) in [6, 6.07) is 1.84. The van der Waals surface area contributed by atoms with Crippen molar-refractivity contribution in [3.63, 3.8) is 0 Å². The molecule has 0 aromatic carbocycles. The third-order valence-corrected chi connectivity index (χ3v) is 1.98. The van der Waals surface area contributed by atoms with Gasteiger partial charge in [-0.2, -0.15) is 0 Å². The first-order valence-corrected chi connectivity index (χ1v) is 5.04. The van der Waals surface area contributed by atoms with Gasteiger partial charge in [0.05, 0.1) is 0 Å². The summed E-state index contributed by atoms with van der Waals surface area (Å²) >= 11 is 5.88. The topological polar surface area (TPSA) is 25.8 Å². The zero-order valence-corrected chi connectivity index (χ0v) is 9.10. The van der Waals surface area contributed by atoms with Gasteiger partial charge in [0.1, 0.15) is 11.0 Å². The molecule has 1 rings (SSSR count). The lowest BCUT2D eigenvalue weighted by Crippen LogP contribution is -2.01. The summed E-state index contributed by atoms with van der Waals surface area (Å²) in [5, 5.41) is 0.558. The number of hydrogen-bond donors (Lipinski definition) is 0. The molecule has 0 spiro atoms. The van der Waals surface area contributed by atoms with Crippen LogP contribution < -0.4 is 0 Å². The highest BCUT2D eigenvalue weighted by Gasteiger charge is 2.05. The Hall–Kier alpha value is -0.630. The summed E-state index contributed by atoms with van der Waals surface area (Å²) in [5.74, 6) is 1.19. The summed E-state index contributed by atoms with van der Waals surface area (Å²) < 4.78 is 0. The Morgan fingerprint density at radius 3 is 2.62 bits per heavy atom. The summed E-state index contributed by atoms with van der Waals surface area (Å²) in [7, 11) is 0. The van der Waals surface area contributed by atoms with Crippen LogP contribution in [0.3, 0.4) is 0 Å². The van der Waals surface area contributed by atoms with E-state index in [0.29, 0.717) is 11.1 Å². The van der Waals surface area contributed by atoms with Gasteiger partial charge in [-0.25, -0.2) is 9.97 Å². The van der Waals surface area contributed by atoms with Gasteiger partial charge in [-0.05, 0) is 12.5 Å². The van der Waals surface area contributed by atoms with Crippen LogP contribution in [-0.4, -0.2) is 9.97 Å². The van der Waals surface area contributed by atoms with Gasteiger partial charge in [0.25, 0.3) is 0 Å². The second-order valence-electron chi connectivity index (χ2n) is 3.44. The van der Waals surface area contributed by atoms with Crippen LogP contribution in [0.5, 0.6) is 0 Å². The minimum Gasteiger partial charge on any atom is -0.238 e. The molecule has 0 aliphatic carbocycles. The lowest BCUT2D eigenvalue weighted by Gasteiger charge is -2.06. The molecule has 13 heavy (non-hydrogen) atoms. The van der Waals surface area contributed by atoms with Crippen molar-refractivity contribution in [2.45, 2.75) is 39.5 Å². The van der Waals surface area contributed by atoms with Crippen molar-refractivity contribution in [1.82, 2.24) is 9.97 Å². The van der Waals surface area contributed by atoms with E-state index in [1.165, 1.54) is 0 Å². The van der Waals surface area contributed by atoms with E-state index in [1.54, 1.807) is 0 Å². The molecule has 3 heteroatoms. The fraction of sp³-hybridized carbons (Fsp3) is 0.600. The minimum atomic E-state index is 0.342. The molecule has 0 bridgehead atoms. The van der Waals surface area contributed by atoms with Crippen molar-refractivity contribution in [2.75, 3.05) is 0 Å². The van der Waals surface area contributed by atoms with Crippen LogP contribution in [-0.2, 0) is 6.42 Å². The highest BCUT2D eigenvalue weighted by Crippen LogP contribution is 2.14. The standard InChI is InChI=1S/C10H15ClN2/c1-4-5-8-6-9(11)13-10(12-8)7(2)3/h6-7H,4-5H2,1-3H3. The van der Waals surface area contributed by atoms with Crippen LogP contribution in [0.25, 0.3) is 0 Å². The predicted octanol–water partition coefficient (Wildman–Crippen LogP) is 3.21. The van der Waals surface area contributed by atoms with Crippen molar-refractivity contribution < 1.29 is 0 Å². The molecule has 1 aromatic rings. The van der Waals surface area contributed by atoms with Gasteiger partial charge in [0.2, 0.25) is 0 Å². The third-order valence-electron chi connectivity index (χ3n) is 1.79. The Morgan fingerprint density at radius 2 is 2.08 bits per heavy atom. The quantitative estimate of drug-likeness (QED) is 0.698. The molecule has 0 aliphatic heterocycles. The van der Waals surface area contributed by atoms with Gasteiger partial charge in [-0.3, -0.25) is 0 Å². The molecule has 2 nitrogen and oxygen atoms in total. The molecule has 0 unspecified atom stereocenters. The van der Waals surface area contributed by atoms with Crippen molar-refractivity contribution in [2.24, 2.45) is 0 Å². The fourth-order valence-electron chi connectivity index (χ4n) is 1.13. The van der Waals surface area contributed by atoms with Gasteiger partial charge in [-0.1, -0.05) is 38.8 Å². The van der Waals surface area contributed by atoms with Crippen molar-refractivity contribution in [3.05, 3.63) is 22.7 Å². The first-order valence-electron chi connectivity index (χ1n) is 4.66. The van der Waals surface area contributed by atoms with Crippen molar-refractivity contribution in [1.29, 1.82) is 0 Å². The van der Waals surface area contributed by atoms with E-state index in [2.05, 4.69) is 30.7 Å². The summed E-state index contributed by atoms with van der Waals surface area (Å²) in [6.45, 7) is 6.27. The van der Waals surface area contributed by atoms with Gasteiger partial charge < -0.3 is 0 Å². The van der Waals surface area contributed by atoms with Crippen LogP contribution in [0.1, 0.15) is 44.6 Å². The molecule has 0 saturated heterocycles. The number of nitrogens with zero attached hydrogens (tertiary/aromatic N) is 2. The maximum absolute atomic E-state index is 5.88. The molecule has 0 saturated carbocycles. The number of halogens is 1. The number of aryl methyl sites for hydroxylation is 1. The van der Waals surface area contributed by atoms with Crippen LogP contribution in [0.15, 0.2) is 6.07 Å². The Bertz CT molecular complexity index is 284. The fourth-order valence-corrected chi connectivity index (χ4v) is 1.34. The van der Waals surface area contributed by atoms with Crippen LogP contribution in [0.2, 0.25) is 5.15 Å². The highest BCUT2D eigenvalue weighted by atomic mass is 35.5. The van der Waals surface area contributed by atoms with E-state index in [1.807, 2.05) is 6.07 Å². The molecular weight excluding hydrogens is 184 g/mol. The van der Waals surface area contributed by atoms with E-state index in [4.69, 9.17) is 11.6 Å². The molecule has 1 aromatic heterocycles. The van der Waals surface area contributed by atoms with Gasteiger partial charge in [0.15, 0.2) is 0 Å². The Labute approximate surface area is 84.4 Å². The monoisotopic (exact) mass is 198 g/mol. The van der Waals surface area contributed by atoms with E-state index in [9.17, 15) is 0 Å². The van der Waals surface area contributed by atoms with E-state index >= 15 is 0 Å². The maximum Gasteiger partial charge on any atom is 0.133 e. The maximum atomic E-state index is 5.88. The Balaban J connectivity index is 2.96. The van der Waals surface area contributed by atoms with E-state index in [-0.39, 0.29) is 0 Å². The van der Waals surface area contributed by atoms with Crippen LogP contribution in [0.4, 0.5) is 0 Å². The predicted molar refractivity (Wildman–Crippen MR) is 55.1 cm³/mol. The third kappa shape index (κ3) is 2.96. The van der Waals surface area contributed by atoms with Crippen molar-refractivity contribution in [3.8, 4) is 0 Å². The molecule has 0 amide bonds. The molecular formula is C10H15ClN2. The lowest BCUT2D eigenvalue weighted by molar-refractivity contribution is 0.748. The minimum absolute atomic E-state index is 0.342. The Kier molecular flexibility index (Phi) is 3.67. The largest absolute Gasteiger partial charge is 0.238 e. The van der Waals surface area contributed by atoms with Gasteiger partial charge >= 0.3 is 0 Å². The number of hydrogen-bond acceptors (Lipinski definition) is 2. The zero-order valence-electron chi connectivity index (χ0n) is 8.34. The molecule has 0 aliphatic rings. The average molecular weight is 199 g/mol. The summed E-state index contributed by atoms with van der Waals surface area (Å²) in [6.07, 6.45) is 2.06. The van der Waals surface area contributed by atoms with Crippen molar-refractivity contribution >= 4 is 11.6 Å².